The molecule has 1 aromatic heterocycles. The zero-order valence-electron chi connectivity index (χ0n) is 8.93. The monoisotopic (exact) mass is 251 g/mol. The van der Waals surface area contributed by atoms with E-state index in [0.717, 1.165) is 32.2 Å². The molecule has 1 aromatic carbocycles. The van der Waals surface area contributed by atoms with Gasteiger partial charge >= 0.3 is 0 Å². The number of halogens is 2. The molecule has 0 saturated heterocycles. The molecule has 0 bridgehead atoms. The van der Waals surface area contributed by atoms with Gasteiger partial charge in [-0.1, -0.05) is 23.2 Å². The predicted octanol–water partition coefficient (Wildman–Crippen LogP) is 4.73. The molecule has 0 unspecified atom stereocenters. The highest BCUT2D eigenvalue weighted by Crippen LogP contribution is 2.41. The Morgan fingerprint density at radius 2 is 1.94 bits per heavy atom. The van der Waals surface area contributed by atoms with E-state index in [1.807, 2.05) is 25.1 Å². The van der Waals surface area contributed by atoms with E-state index in [0.29, 0.717) is 5.92 Å². The van der Waals surface area contributed by atoms with Crippen molar-refractivity contribution in [1.29, 1.82) is 0 Å². The van der Waals surface area contributed by atoms with Gasteiger partial charge in [-0.15, -0.1) is 0 Å². The molecule has 1 fully saturated rings. The van der Waals surface area contributed by atoms with Crippen LogP contribution in [0.5, 0.6) is 0 Å². The fraction of sp³-hybridized carbons (Fsp3) is 0.308. The van der Waals surface area contributed by atoms with Crippen LogP contribution in [0, 0.1) is 6.92 Å². The summed E-state index contributed by atoms with van der Waals surface area (Å²) in [5, 5.41) is 2.53. The third-order valence-corrected chi connectivity index (χ3v) is 3.86. The Hall–Kier alpha value is -0.790. The van der Waals surface area contributed by atoms with Crippen LogP contribution in [-0.4, -0.2) is 4.98 Å². The van der Waals surface area contributed by atoms with Crippen LogP contribution in [0.25, 0.3) is 10.9 Å². The van der Waals surface area contributed by atoms with E-state index in [4.69, 9.17) is 23.2 Å². The summed E-state index contributed by atoms with van der Waals surface area (Å²) < 4.78 is 0. The van der Waals surface area contributed by atoms with Crippen molar-refractivity contribution in [2.75, 3.05) is 0 Å². The minimum absolute atomic E-state index is 0.611. The highest BCUT2D eigenvalue weighted by molar-refractivity contribution is 6.36. The number of rotatable bonds is 1. The molecule has 0 spiro atoms. The molecule has 0 aliphatic heterocycles. The normalized spacial score (nSPS) is 15.7. The van der Waals surface area contributed by atoms with Crippen molar-refractivity contribution in [2.45, 2.75) is 25.7 Å². The second kappa shape index (κ2) is 3.61. The summed E-state index contributed by atoms with van der Waals surface area (Å²) in [7, 11) is 0. The van der Waals surface area contributed by atoms with E-state index >= 15 is 0 Å². The summed E-state index contributed by atoms with van der Waals surface area (Å²) in [5.41, 5.74) is 3.08. The molecule has 0 radical (unpaired) electrons. The van der Waals surface area contributed by atoms with Crippen LogP contribution in [-0.2, 0) is 0 Å². The minimum atomic E-state index is 0.611. The zero-order valence-corrected chi connectivity index (χ0v) is 10.4. The van der Waals surface area contributed by atoms with Crippen molar-refractivity contribution in [1.82, 2.24) is 4.98 Å². The van der Waals surface area contributed by atoms with Gasteiger partial charge in [0.2, 0.25) is 0 Å². The molecule has 1 nitrogen and oxygen atoms in total. The molecule has 3 heteroatoms. The van der Waals surface area contributed by atoms with Crippen LogP contribution in [0.3, 0.4) is 0 Å². The van der Waals surface area contributed by atoms with Gasteiger partial charge in [0.05, 0.1) is 10.5 Å². The molecule has 0 amide bonds. The average molecular weight is 252 g/mol. The Balaban J connectivity index is 2.33. The molecule has 1 heterocycles. The van der Waals surface area contributed by atoms with Gasteiger partial charge in [0.15, 0.2) is 0 Å². The van der Waals surface area contributed by atoms with Crippen LogP contribution >= 0.6 is 23.2 Å². The van der Waals surface area contributed by atoms with Crippen LogP contribution in [0.1, 0.15) is 30.0 Å². The number of aryl methyl sites for hydroxylation is 1. The lowest BCUT2D eigenvalue weighted by molar-refractivity contribution is 1.04. The number of benzene rings is 1. The number of nitrogens with zero attached hydrogens (tertiary/aromatic N) is 1. The third kappa shape index (κ3) is 1.59. The van der Waals surface area contributed by atoms with E-state index < -0.39 is 0 Å². The van der Waals surface area contributed by atoms with Crippen molar-refractivity contribution in [3.63, 3.8) is 0 Å². The Morgan fingerprint density at radius 1 is 1.19 bits per heavy atom. The Bertz CT molecular complexity index is 574. The summed E-state index contributed by atoms with van der Waals surface area (Å²) in [6.45, 7) is 1.99. The highest BCUT2D eigenvalue weighted by Gasteiger charge is 2.26. The molecule has 0 N–H and O–H groups in total. The SMILES string of the molecule is Cc1c(Cl)ccc2c(Cl)cc(C3CC3)nc12. The van der Waals surface area contributed by atoms with E-state index in [-0.39, 0.29) is 0 Å². The summed E-state index contributed by atoms with van der Waals surface area (Å²) in [6.07, 6.45) is 2.46. The smallest absolute Gasteiger partial charge is 0.0764 e. The number of hydrogen-bond acceptors (Lipinski definition) is 1. The van der Waals surface area contributed by atoms with Gasteiger partial charge in [0, 0.05) is 22.0 Å². The lowest BCUT2D eigenvalue weighted by Gasteiger charge is -2.07. The molecule has 3 rings (SSSR count). The first kappa shape index (κ1) is 10.4. The topological polar surface area (TPSA) is 12.9 Å². The maximum absolute atomic E-state index is 6.28. The van der Waals surface area contributed by atoms with Gasteiger partial charge in [0.1, 0.15) is 0 Å². The van der Waals surface area contributed by atoms with Crippen molar-refractivity contribution < 1.29 is 0 Å². The average Bonchev–Trinajstić information content (AvgIpc) is 3.07. The summed E-state index contributed by atoms with van der Waals surface area (Å²) in [4.78, 5) is 4.69. The molecule has 0 atom stereocenters. The lowest BCUT2D eigenvalue weighted by atomic mass is 10.1. The van der Waals surface area contributed by atoms with Crippen LogP contribution in [0.2, 0.25) is 10.0 Å². The predicted molar refractivity (Wildman–Crippen MR) is 68.5 cm³/mol. The minimum Gasteiger partial charge on any atom is -0.252 e. The standard InChI is InChI=1S/C13H11Cl2N/c1-7-10(14)5-4-9-11(15)6-12(8-2-3-8)16-13(7)9/h4-6,8H,2-3H2,1H3. The quantitative estimate of drug-likeness (QED) is 0.715. The van der Waals surface area contributed by atoms with Crippen molar-refractivity contribution in [3.05, 3.63) is 39.5 Å². The molecular formula is C13H11Cl2N. The van der Waals surface area contributed by atoms with Gasteiger partial charge in [0.25, 0.3) is 0 Å². The fourth-order valence-corrected chi connectivity index (χ4v) is 2.39. The number of hydrogen-bond donors (Lipinski definition) is 0. The molecule has 1 aliphatic rings. The first-order valence-corrected chi connectivity index (χ1v) is 6.17. The van der Waals surface area contributed by atoms with Crippen molar-refractivity contribution >= 4 is 34.1 Å². The summed E-state index contributed by atoms with van der Waals surface area (Å²) in [5.74, 6) is 0.611. The van der Waals surface area contributed by atoms with Gasteiger partial charge in [-0.25, -0.2) is 0 Å². The third-order valence-electron chi connectivity index (χ3n) is 3.13. The van der Waals surface area contributed by atoms with E-state index in [9.17, 15) is 0 Å². The molecule has 1 aliphatic carbocycles. The van der Waals surface area contributed by atoms with Crippen LogP contribution < -0.4 is 0 Å². The molecule has 82 valence electrons. The maximum Gasteiger partial charge on any atom is 0.0764 e. The highest BCUT2D eigenvalue weighted by atomic mass is 35.5. The zero-order chi connectivity index (χ0) is 11.3. The number of pyridine rings is 1. The van der Waals surface area contributed by atoms with Crippen molar-refractivity contribution in [2.24, 2.45) is 0 Å². The van der Waals surface area contributed by atoms with Crippen LogP contribution in [0.4, 0.5) is 0 Å². The first-order valence-electron chi connectivity index (χ1n) is 5.42. The number of aromatic nitrogens is 1. The van der Waals surface area contributed by atoms with Gasteiger partial charge in [-0.3, -0.25) is 4.98 Å². The van der Waals surface area contributed by atoms with Gasteiger partial charge < -0.3 is 0 Å². The maximum atomic E-state index is 6.28. The summed E-state index contributed by atoms with van der Waals surface area (Å²) in [6, 6.07) is 5.81. The second-order valence-corrected chi connectivity index (χ2v) is 5.19. The first-order chi connectivity index (χ1) is 7.66. The molecule has 16 heavy (non-hydrogen) atoms. The van der Waals surface area contributed by atoms with E-state index in [2.05, 4.69) is 4.98 Å². The second-order valence-electron chi connectivity index (χ2n) is 4.37. The Kier molecular flexibility index (Phi) is 2.34. The number of fused-ring (bicyclic) bond motifs is 1. The van der Waals surface area contributed by atoms with Gasteiger partial charge in [-0.05, 0) is 43.5 Å². The lowest BCUT2D eigenvalue weighted by Crippen LogP contribution is -1.91. The molecule has 2 aromatic rings. The van der Waals surface area contributed by atoms with Crippen LogP contribution in [0.15, 0.2) is 18.2 Å². The molecule has 1 saturated carbocycles. The summed E-state index contributed by atoms with van der Waals surface area (Å²) >= 11 is 12.4. The van der Waals surface area contributed by atoms with Gasteiger partial charge in [-0.2, -0.15) is 0 Å². The fourth-order valence-electron chi connectivity index (χ4n) is 1.97. The largest absolute Gasteiger partial charge is 0.252 e. The van der Waals surface area contributed by atoms with E-state index in [1.54, 1.807) is 0 Å². The molecular weight excluding hydrogens is 241 g/mol. The Morgan fingerprint density at radius 3 is 2.62 bits per heavy atom. The Labute approximate surface area is 104 Å². The van der Waals surface area contributed by atoms with E-state index in [1.165, 1.54) is 12.8 Å². The van der Waals surface area contributed by atoms with Crippen molar-refractivity contribution in [3.8, 4) is 0 Å².